The SMILES string of the molecule is CC1=NN=C(C)C1.Cc1cc(C)on1.Cc1cn(C)cn1.Cc1cn(C)nn1.Cc1n[nH]c(C)n1.Cc1nc2n(n1)[C@@H](C)CC2.Cc1ncn(C)n1.Cc1nnc(C)o1. The Labute approximate surface area is 345 Å². The summed E-state index contributed by atoms with van der Waals surface area (Å²) in [6.07, 6.45) is 10.6. The van der Waals surface area contributed by atoms with Gasteiger partial charge in [-0.05, 0) is 82.6 Å². The molecule has 7 aromatic heterocycles. The number of aryl methyl sites for hydroxylation is 14. The number of imidazole rings is 1. The van der Waals surface area contributed by atoms with E-state index in [1.54, 1.807) is 35.9 Å². The average Bonchev–Trinajstić information content (AvgIpc) is 4.04. The molecular weight excluding hydrogens is 755 g/mol. The quantitative estimate of drug-likeness (QED) is 0.193. The van der Waals surface area contributed by atoms with Crippen LogP contribution in [0, 0.1) is 69.2 Å². The third-order valence-electron chi connectivity index (χ3n) is 7.26. The fourth-order valence-electron chi connectivity index (χ4n) is 4.86. The fourth-order valence-corrected chi connectivity index (χ4v) is 4.86. The molecule has 0 unspecified atom stereocenters. The van der Waals surface area contributed by atoms with Gasteiger partial charge in [0.1, 0.15) is 41.2 Å². The highest BCUT2D eigenvalue weighted by Crippen LogP contribution is 2.22. The van der Waals surface area contributed by atoms with E-state index in [9.17, 15) is 0 Å². The number of hydrogen-bond acceptors (Lipinski definition) is 16. The van der Waals surface area contributed by atoms with Gasteiger partial charge in [-0.15, -0.1) is 15.3 Å². The minimum atomic E-state index is 0.566. The number of H-pyrrole nitrogens is 1. The molecule has 21 heteroatoms. The van der Waals surface area contributed by atoms with Crippen LogP contribution in [0.1, 0.15) is 103 Å². The number of fused-ring (bicyclic) bond motifs is 1. The molecule has 1 atom stereocenters. The first-order valence-corrected chi connectivity index (χ1v) is 18.9. The van der Waals surface area contributed by atoms with Crippen LogP contribution >= 0.6 is 0 Å². The largest absolute Gasteiger partial charge is 0.426 e. The van der Waals surface area contributed by atoms with Gasteiger partial charge in [0.25, 0.3) is 0 Å². The summed E-state index contributed by atoms with van der Waals surface area (Å²) in [4.78, 5) is 16.1. The first kappa shape index (κ1) is 48.6. The Morgan fingerprint density at radius 3 is 1.58 bits per heavy atom. The molecule has 0 fully saturated rings. The normalized spacial score (nSPS) is 12.9. The fraction of sp³-hybridized carbons (Fsp3) is 0.526. The molecule has 0 bridgehead atoms. The summed E-state index contributed by atoms with van der Waals surface area (Å²) in [5.41, 5.74) is 5.22. The minimum Gasteiger partial charge on any atom is -0.426 e. The summed E-state index contributed by atoms with van der Waals surface area (Å²) in [5, 5.41) is 40.6. The average molecular weight is 816 g/mol. The minimum absolute atomic E-state index is 0.566. The van der Waals surface area contributed by atoms with Crippen molar-refractivity contribution in [2.45, 2.75) is 115 Å². The molecule has 2 aliphatic heterocycles. The van der Waals surface area contributed by atoms with Crippen molar-refractivity contribution >= 4 is 11.4 Å². The van der Waals surface area contributed by atoms with E-state index in [0.717, 1.165) is 76.2 Å². The van der Waals surface area contributed by atoms with E-state index in [-0.39, 0.29) is 0 Å². The maximum Gasteiger partial charge on any atom is 0.213 e. The summed E-state index contributed by atoms with van der Waals surface area (Å²) >= 11 is 0. The molecule has 0 aliphatic carbocycles. The van der Waals surface area contributed by atoms with E-state index in [1.165, 1.54) is 6.42 Å². The van der Waals surface area contributed by atoms with Gasteiger partial charge in [0, 0.05) is 77.7 Å². The Balaban J connectivity index is 0.000000233. The van der Waals surface area contributed by atoms with Gasteiger partial charge < -0.3 is 13.5 Å². The van der Waals surface area contributed by atoms with Crippen LogP contribution < -0.4 is 0 Å². The lowest BCUT2D eigenvalue weighted by Crippen LogP contribution is -2.00. The molecule has 9 rings (SSSR count). The van der Waals surface area contributed by atoms with Crippen LogP contribution in [0.15, 0.2) is 50.3 Å². The molecule has 0 saturated heterocycles. The summed E-state index contributed by atoms with van der Waals surface area (Å²) < 4.78 is 16.9. The molecular formula is C38H61N19O2. The zero-order chi connectivity index (χ0) is 44.1. The van der Waals surface area contributed by atoms with E-state index in [1.807, 2.05) is 118 Å². The van der Waals surface area contributed by atoms with Gasteiger partial charge in [-0.3, -0.25) is 14.5 Å². The maximum atomic E-state index is 4.86. The van der Waals surface area contributed by atoms with Crippen molar-refractivity contribution < 1.29 is 8.94 Å². The number of hydrogen-bond donors (Lipinski definition) is 1. The van der Waals surface area contributed by atoms with Crippen LogP contribution in [-0.4, -0.2) is 96.0 Å². The molecule has 2 aliphatic rings. The van der Waals surface area contributed by atoms with Crippen molar-refractivity contribution in [1.82, 2.24) is 84.6 Å². The number of nitrogens with one attached hydrogen (secondary N) is 1. The molecule has 21 nitrogen and oxygen atoms in total. The van der Waals surface area contributed by atoms with Crippen molar-refractivity contribution in [3.05, 3.63) is 94.9 Å². The first-order valence-electron chi connectivity index (χ1n) is 18.9. The molecule has 7 aromatic rings. The van der Waals surface area contributed by atoms with Crippen LogP contribution in [0.5, 0.6) is 0 Å². The third-order valence-corrected chi connectivity index (χ3v) is 7.26. The van der Waals surface area contributed by atoms with E-state index in [2.05, 4.69) is 83.1 Å². The molecule has 0 saturated carbocycles. The lowest BCUT2D eigenvalue weighted by atomic mass is 10.2. The van der Waals surface area contributed by atoms with Crippen LogP contribution in [-0.2, 0) is 27.6 Å². The summed E-state index contributed by atoms with van der Waals surface area (Å²) in [7, 11) is 5.65. The Hall–Kier alpha value is -6.54. The number of aromatic amines is 1. The molecule has 1 N–H and O–H groups in total. The summed E-state index contributed by atoms with van der Waals surface area (Å²) in [6.45, 7) is 24.9. The van der Waals surface area contributed by atoms with Gasteiger partial charge in [-0.2, -0.15) is 25.5 Å². The first-order chi connectivity index (χ1) is 27.8. The molecule has 0 aromatic carbocycles. The molecule has 320 valence electrons. The zero-order valence-electron chi connectivity index (χ0n) is 37.5. The standard InChI is InChI=1S/C7H11N3.2C5H8N2.C5H7NO.3C4H7N3.C4H6N2O/c1-5-3-4-7-8-6(2)9-10(5)7;1-5-3-7(2)4-6-5;2*1-4-3-5(2)7-6-4;1-4-5-3-7(2)6-4;1-4-3-7(2)6-5-4;1-3-5-4(2)7-6-3;1-3-5-6-4(2)7-3/h5H,3-4H2,1-2H3;3-4H,1-2H3;3H2,1-2H3;3*3H,1-2H3;1-2H3,(H,5,6,7);1-2H3/t5-;;;;;;;/m0......./s1. The van der Waals surface area contributed by atoms with Gasteiger partial charge in [0.05, 0.1) is 29.5 Å². The van der Waals surface area contributed by atoms with E-state index < -0.39 is 0 Å². The van der Waals surface area contributed by atoms with Gasteiger partial charge >= 0.3 is 0 Å². The van der Waals surface area contributed by atoms with Crippen LogP contribution in [0.25, 0.3) is 0 Å². The second-order valence-electron chi connectivity index (χ2n) is 13.8. The van der Waals surface area contributed by atoms with Gasteiger partial charge in [0.15, 0.2) is 0 Å². The Morgan fingerprint density at radius 2 is 1.34 bits per heavy atom. The van der Waals surface area contributed by atoms with Gasteiger partial charge in [-0.1, -0.05) is 10.4 Å². The smallest absolute Gasteiger partial charge is 0.213 e. The van der Waals surface area contributed by atoms with Crippen molar-refractivity contribution in [3.8, 4) is 0 Å². The van der Waals surface area contributed by atoms with Crippen molar-refractivity contribution in [3.63, 3.8) is 0 Å². The van der Waals surface area contributed by atoms with E-state index in [4.69, 9.17) is 8.94 Å². The highest BCUT2D eigenvalue weighted by molar-refractivity contribution is 6.05. The van der Waals surface area contributed by atoms with Crippen LogP contribution in [0.2, 0.25) is 0 Å². The monoisotopic (exact) mass is 816 g/mol. The predicted octanol–water partition coefficient (Wildman–Crippen LogP) is 5.70. The highest BCUT2D eigenvalue weighted by Gasteiger charge is 2.20. The van der Waals surface area contributed by atoms with E-state index in [0.29, 0.717) is 17.8 Å². The lowest BCUT2D eigenvalue weighted by molar-refractivity contribution is 0.393. The van der Waals surface area contributed by atoms with Gasteiger partial charge in [-0.25, -0.2) is 24.6 Å². The van der Waals surface area contributed by atoms with Crippen molar-refractivity contribution in [2.75, 3.05) is 0 Å². The van der Waals surface area contributed by atoms with Crippen molar-refractivity contribution in [2.24, 2.45) is 31.3 Å². The van der Waals surface area contributed by atoms with Crippen LogP contribution in [0.3, 0.4) is 0 Å². The third kappa shape index (κ3) is 21.0. The van der Waals surface area contributed by atoms with E-state index >= 15 is 0 Å². The Bertz CT molecular complexity index is 1860. The van der Waals surface area contributed by atoms with Crippen molar-refractivity contribution in [1.29, 1.82) is 0 Å². The van der Waals surface area contributed by atoms with Gasteiger partial charge in [0.2, 0.25) is 11.8 Å². The lowest BCUT2D eigenvalue weighted by Gasteiger charge is -2.00. The number of rotatable bonds is 0. The molecule has 0 amide bonds. The number of nitrogens with zero attached hydrogens (tertiary/aromatic N) is 18. The second-order valence-corrected chi connectivity index (χ2v) is 13.8. The molecule has 0 spiro atoms. The summed E-state index contributed by atoms with van der Waals surface area (Å²) in [5.74, 6) is 6.68. The highest BCUT2D eigenvalue weighted by atomic mass is 16.5. The Morgan fingerprint density at radius 1 is 0.678 bits per heavy atom. The zero-order valence-corrected chi connectivity index (χ0v) is 37.5. The predicted molar refractivity (Wildman–Crippen MR) is 224 cm³/mol. The molecule has 59 heavy (non-hydrogen) atoms. The maximum absolute atomic E-state index is 4.86. The molecule has 0 radical (unpaired) electrons. The summed E-state index contributed by atoms with van der Waals surface area (Å²) in [6, 6.07) is 2.45. The topological polar surface area (TPSA) is 241 Å². The molecule has 9 heterocycles. The second kappa shape index (κ2) is 25.0. The Kier molecular flexibility index (Phi) is 20.6. The van der Waals surface area contributed by atoms with Crippen LogP contribution in [0.4, 0.5) is 0 Å². The number of aromatic nitrogens is 17.